The number of carboxylic acid groups (broad SMARTS) is 1. The van der Waals surface area contributed by atoms with Gasteiger partial charge in [-0.2, -0.15) is 0 Å². The van der Waals surface area contributed by atoms with Crippen molar-refractivity contribution in [2.24, 2.45) is 5.73 Å². The van der Waals surface area contributed by atoms with Crippen LogP contribution in [-0.2, 0) is 32.7 Å². The zero-order valence-electron chi connectivity index (χ0n) is 40.2. The number of unbranched alkanes of at least 4 members (excludes halogenated alkanes) is 24. The zero-order chi connectivity index (χ0) is 46.2. The van der Waals surface area contributed by atoms with E-state index in [9.17, 15) is 19.0 Å². The van der Waals surface area contributed by atoms with Gasteiger partial charge in [0.2, 0.25) is 0 Å². The van der Waals surface area contributed by atoms with Gasteiger partial charge in [0, 0.05) is 13.0 Å². The molecule has 0 aliphatic rings. The van der Waals surface area contributed by atoms with Gasteiger partial charge in [-0.3, -0.25) is 18.6 Å². The third-order valence-corrected chi connectivity index (χ3v) is 11.8. The number of allylic oxidation sites excluding steroid dienone is 10. The van der Waals surface area contributed by atoms with Crippen molar-refractivity contribution in [3.05, 3.63) is 60.8 Å². The van der Waals surface area contributed by atoms with E-state index in [1.807, 2.05) is 0 Å². The van der Waals surface area contributed by atoms with Gasteiger partial charge in [0.25, 0.3) is 0 Å². The second-order valence-corrected chi connectivity index (χ2v) is 18.4. The van der Waals surface area contributed by atoms with E-state index in [1.165, 1.54) is 116 Å². The summed E-state index contributed by atoms with van der Waals surface area (Å²) in [4.78, 5) is 33.7. The van der Waals surface area contributed by atoms with Gasteiger partial charge in [-0.25, -0.2) is 4.57 Å². The molecule has 63 heavy (non-hydrogen) atoms. The van der Waals surface area contributed by atoms with Gasteiger partial charge in [0.15, 0.2) is 0 Å². The number of esters is 1. The van der Waals surface area contributed by atoms with E-state index >= 15 is 0 Å². The van der Waals surface area contributed by atoms with Crippen LogP contribution in [0.4, 0.5) is 0 Å². The molecule has 0 rings (SSSR count). The molecule has 0 radical (unpaired) electrons. The summed E-state index contributed by atoms with van der Waals surface area (Å²) in [6.07, 6.45) is 58.5. The van der Waals surface area contributed by atoms with E-state index in [4.69, 9.17) is 29.4 Å². The molecule has 0 aromatic heterocycles. The molecule has 11 heteroatoms. The summed E-state index contributed by atoms with van der Waals surface area (Å²) in [5.74, 6) is -1.78. The lowest BCUT2D eigenvalue weighted by Crippen LogP contribution is -2.34. The topological polar surface area (TPSA) is 155 Å². The Labute approximate surface area is 385 Å². The van der Waals surface area contributed by atoms with E-state index in [1.54, 1.807) is 0 Å². The van der Waals surface area contributed by atoms with Gasteiger partial charge >= 0.3 is 19.8 Å². The maximum atomic E-state index is 12.7. The highest BCUT2D eigenvalue weighted by Gasteiger charge is 2.27. The Balaban J connectivity index is 4.18. The number of rotatable bonds is 48. The van der Waals surface area contributed by atoms with Crippen LogP contribution in [0.1, 0.15) is 219 Å². The summed E-state index contributed by atoms with van der Waals surface area (Å²) in [6.45, 7) is 3.76. The number of hydrogen-bond acceptors (Lipinski definition) is 8. The molecule has 3 unspecified atom stereocenters. The van der Waals surface area contributed by atoms with Gasteiger partial charge < -0.3 is 25.2 Å². The molecule has 0 aromatic rings. The second kappa shape index (κ2) is 47.6. The maximum Gasteiger partial charge on any atom is 0.472 e. The first kappa shape index (κ1) is 60.7. The molecule has 0 aromatic carbocycles. The Bertz CT molecular complexity index is 1230. The molecule has 0 spiro atoms. The maximum absolute atomic E-state index is 12.7. The Morgan fingerprint density at radius 3 is 1.38 bits per heavy atom. The van der Waals surface area contributed by atoms with Crippen molar-refractivity contribution >= 4 is 19.8 Å². The predicted octanol–water partition coefficient (Wildman–Crippen LogP) is 14.8. The van der Waals surface area contributed by atoms with Crippen molar-refractivity contribution in [3.8, 4) is 0 Å². The molecule has 0 fully saturated rings. The number of hydrogen-bond donors (Lipinski definition) is 3. The molecule has 0 saturated heterocycles. The summed E-state index contributed by atoms with van der Waals surface area (Å²) in [6, 6.07) is -1.48. The summed E-state index contributed by atoms with van der Waals surface area (Å²) < 4.78 is 33.5. The first-order chi connectivity index (χ1) is 30.7. The van der Waals surface area contributed by atoms with Gasteiger partial charge in [0.05, 0.1) is 19.8 Å². The summed E-state index contributed by atoms with van der Waals surface area (Å²) in [5, 5.41) is 8.93. The molecule has 10 nitrogen and oxygen atoms in total. The molecular formula is C52H94NO9P. The Morgan fingerprint density at radius 1 is 0.524 bits per heavy atom. The quantitative estimate of drug-likeness (QED) is 0.0233. The van der Waals surface area contributed by atoms with Crippen LogP contribution in [0.15, 0.2) is 60.8 Å². The number of carbonyl (C=O) groups excluding carboxylic acids is 1. The average Bonchev–Trinajstić information content (AvgIpc) is 3.26. The minimum Gasteiger partial charge on any atom is -0.480 e. The molecule has 366 valence electrons. The number of aliphatic carboxylic acids is 1. The average molecular weight is 908 g/mol. The van der Waals surface area contributed by atoms with E-state index in [0.29, 0.717) is 13.0 Å². The largest absolute Gasteiger partial charge is 0.480 e. The van der Waals surface area contributed by atoms with E-state index in [2.05, 4.69) is 74.6 Å². The van der Waals surface area contributed by atoms with Crippen LogP contribution in [0.5, 0.6) is 0 Å². The number of carboxylic acids is 1. The van der Waals surface area contributed by atoms with Crippen LogP contribution in [0.2, 0.25) is 0 Å². The molecule has 0 heterocycles. The molecule has 0 aliphatic carbocycles. The van der Waals surface area contributed by atoms with E-state index in [-0.39, 0.29) is 13.0 Å². The van der Waals surface area contributed by atoms with Gasteiger partial charge in [0.1, 0.15) is 12.1 Å². The Morgan fingerprint density at radius 2 is 0.921 bits per heavy atom. The van der Waals surface area contributed by atoms with Gasteiger partial charge in [-0.1, -0.05) is 216 Å². The molecule has 0 saturated carbocycles. The summed E-state index contributed by atoms with van der Waals surface area (Å²) >= 11 is 0. The fraction of sp³-hybridized carbons (Fsp3) is 0.769. The third kappa shape index (κ3) is 47.5. The lowest BCUT2D eigenvalue weighted by atomic mass is 10.0. The Hall–Kier alpha value is -2.33. The minimum atomic E-state index is -4.63. The van der Waals surface area contributed by atoms with Crippen molar-refractivity contribution in [2.45, 2.75) is 231 Å². The van der Waals surface area contributed by atoms with Crippen molar-refractivity contribution in [2.75, 3.05) is 26.4 Å². The number of phosphoric ester groups is 1. The highest BCUT2D eigenvalue weighted by Crippen LogP contribution is 2.43. The van der Waals surface area contributed by atoms with Crippen molar-refractivity contribution in [1.29, 1.82) is 0 Å². The molecule has 0 bridgehead atoms. The lowest BCUT2D eigenvalue weighted by molar-refractivity contribution is -0.154. The minimum absolute atomic E-state index is 0.00677. The van der Waals surface area contributed by atoms with Crippen LogP contribution in [-0.4, -0.2) is 60.5 Å². The third-order valence-electron chi connectivity index (χ3n) is 10.8. The van der Waals surface area contributed by atoms with Gasteiger partial charge in [-0.05, 0) is 57.8 Å². The smallest absolute Gasteiger partial charge is 0.472 e. The normalized spacial score (nSPS) is 14.2. The highest BCUT2D eigenvalue weighted by molar-refractivity contribution is 7.47. The zero-order valence-corrected chi connectivity index (χ0v) is 41.1. The van der Waals surface area contributed by atoms with E-state index in [0.717, 1.165) is 77.0 Å². The molecule has 0 aliphatic heterocycles. The molecule has 4 N–H and O–H groups in total. The van der Waals surface area contributed by atoms with Crippen LogP contribution in [0, 0.1) is 0 Å². The van der Waals surface area contributed by atoms with Crippen LogP contribution >= 0.6 is 7.82 Å². The molecule has 0 amide bonds. The van der Waals surface area contributed by atoms with Crippen LogP contribution in [0.25, 0.3) is 0 Å². The molecular weight excluding hydrogens is 814 g/mol. The summed E-state index contributed by atoms with van der Waals surface area (Å²) in [5.41, 5.74) is 5.37. The number of carbonyl (C=O) groups is 2. The predicted molar refractivity (Wildman–Crippen MR) is 263 cm³/mol. The Kier molecular flexibility index (Phi) is 45.9. The standard InChI is InChI=1S/C52H94NO9P/c1-3-5-7-9-11-13-15-17-19-21-23-24-25-27-29-31-33-35-37-39-41-43-45-59-46-49(47-60-63(57,58)61-48-50(53)52(55)56)62-51(54)44-42-40-38-36-34-32-30-28-26-22-20-18-16-14-12-10-8-6-4-2/h5,7,11,13,17,19,23-24,27,29,49-50H,3-4,6,8-10,12,14-16,18,20-22,25-26,28,30-48,53H2,1-2H3,(H,55,56)(H,57,58)/b7-5-,13-11-,19-17-,24-23-,29-27-. The number of ether oxygens (including phenoxy) is 2. The lowest BCUT2D eigenvalue weighted by Gasteiger charge is -2.20. The number of nitrogens with two attached hydrogens (primary N) is 1. The van der Waals surface area contributed by atoms with Crippen molar-refractivity contribution in [1.82, 2.24) is 0 Å². The van der Waals surface area contributed by atoms with Crippen LogP contribution in [0.3, 0.4) is 0 Å². The van der Waals surface area contributed by atoms with E-state index < -0.39 is 45.1 Å². The fourth-order valence-electron chi connectivity index (χ4n) is 6.93. The monoisotopic (exact) mass is 908 g/mol. The number of phosphoric acid groups is 1. The first-order valence-electron chi connectivity index (χ1n) is 25.3. The van der Waals surface area contributed by atoms with Crippen molar-refractivity contribution in [3.63, 3.8) is 0 Å². The van der Waals surface area contributed by atoms with Crippen LogP contribution < -0.4 is 5.73 Å². The molecule has 3 atom stereocenters. The highest BCUT2D eigenvalue weighted by atomic mass is 31.2. The summed E-state index contributed by atoms with van der Waals surface area (Å²) in [7, 11) is -4.63. The SMILES string of the molecule is CC/C=C\C/C=C\C/C=C\C/C=C\C/C=C\CCCCCCCCOCC(COP(=O)(O)OCC(N)C(=O)O)OC(=O)CCCCCCCCCCCCCCCCCCCCC. The van der Waals surface area contributed by atoms with Gasteiger partial charge in [-0.15, -0.1) is 0 Å². The fourth-order valence-corrected chi connectivity index (χ4v) is 7.70. The van der Waals surface area contributed by atoms with Crippen molar-refractivity contribution < 1.29 is 42.7 Å². The second-order valence-electron chi connectivity index (χ2n) is 16.9. The first-order valence-corrected chi connectivity index (χ1v) is 26.8.